The Morgan fingerprint density at radius 1 is 0.905 bits per heavy atom. The summed E-state index contributed by atoms with van der Waals surface area (Å²) < 4.78 is 45.2. The lowest BCUT2D eigenvalue weighted by Crippen LogP contribution is -2.43. The Kier molecular flexibility index (Phi) is 4.16. The molecule has 2 nitrogen and oxygen atoms in total. The van der Waals surface area contributed by atoms with Crippen molar-refractivity contribution in [3.8, 4) is 5.75 Å². The number of aliphatic hydroxyl groups is 1. The van der Waals surface area contributed by atoms with E-state index in [-0.39, 0.29) is 16.1 Å². The first-order valence-electron chi connectivity index (χ1n) is 5.98. The van der Waals surface area contributed by atoms with Crippen molar-refractivity contribution in [3.05, 3.63) is 64.7 Å². The van der Waals surface area contributed by atoms with Crippen molar-refractivity contribution in [1.29, 1.82) is 0 Å². The zero-order chi connectivity index (χ0) is 15.7. The van der Waals surface area contributed by atoms with Crippen LogP contribution in [0.4, 0.5) is 13.2 Å². The van der Waals surface area contributed by atoms with Crippen molar-refractivity contribution in [2.24, 2.45) is 0 Å². The summed E-state index contributed by atoms with van der Waals surface area (Å²) in [6.07, 6.45) is -4.88. The second-order valence-corrected chi connectivity index (χ2v) is 4.88. The molecule has 0 spiro atoms. The van der Waals surface area contributed by atoms with Crippen molar-refractivity contribution in [2.45, 2.75) is 11.8 Å². The van der Waals surface area contributed by atoms with Crippen molar-refractivity contribution in [1.82, 2.24) is 0 Å². The fraction of sp³-hybridized carbons (Fsp3) is 0.200. The van der Waals surface area contributed by atoms with Crippen LogP contribution in [0.1, 0.15) is 11.1 Å². The topological polar surface area (TPSA) is 29.5 Å². The molecule has 0 amide bonds. The summed E-state index contributed by atoms with van der Waals surface area (Å²) in [6.45, 7) is 0. The van der Waals surface area contributed by atoms with Crippen LogP contribution in [0.2, 0.25) is 5.02 Å². The molecule has 2 aromatic rings. The number of methoxy groups -OCH3 is 1. The van der Waals surface area contributed by atoms with Crippen LogP contribution in [-0.4, -0.2) is 18.4 Å². The number of alkyl halides is 3. The van der Waals surface area contributed by atoms with Gasteiger partial charge in [-0.05, 0) is 35.4 Å². The molecular formula is C15H12ClF3O2. The molecule has 1 N–H and O–H groups in total. The second-order valence-electron chi connectivity index (χ2n) is 4.44. The molecule has 0 heterocycles. The van der Waals surface area contributed by atoms with Gasteiger partial charge in [-0.1, -0.05) is 35.9 Å². The first-order valence-corrected chi connectivity index (χ1v) is 6.36. The molecule has 0 saturated carbocycles. The van der Waals surface area contributed by atoms with Gasteiger partial charge in [0.25, 0.3) is 0 Å². The van der Waals surface area contributed by atoms with Crippen LogP contribution in [0.15, 0.2) is 48.5 Å². The molecule has 0 aromatic heterocycles. The third-order valence-corrected chi connectivity index (χ3v) is 3.43. The van der Waals surface area contributed by atoms with Gasteiger partial charge in [0, 0.05) is 5.02 Å². The Balaban J connectivity index is 2.58. The van der Waals surface area contributed by atoms with E-state index >= 15 is 0 Å². The van der Waals surface area contributed by atoms with E-state index in [9.17, 15) is 18.3 Å². The van der Waals surface area contributed by atoms with Gasteiger partial charge in [0.15, 0.2) is 0 Å². The van der Waals surface area contributed by atoms with Crippen molar-refractivity contribution >= 4 is 11.6 Å². The molecule has 0 aliphatic rings. The minimum atomic E-state index is -4.88. The van der Waals surface area contributed by atoms with Gasteiger partial charge in [-0.3, -0.25) is 0 Å². The lowest BCUT2D eigenvalue weighted by atomic mass is 9.85. The van der Waals surface area contributed by atoms with E-state index in [1.807, 2.05) is 0 Å². The van der Waals surface area contributed by atoms with E-state index in [0.29, 0.717) is 5.75 Å². The quantitative estimate of drug-likeness (QED) is 0.922. The number of ether oxygens (including phenoxy) is 1. The number of hydrogen-bond acceptors (Lipinski definition) is 2. The first kappa shape index (κ1) is 15.7. The van der Waals surface area contributed by atoms with Crippen molar-refractivity contribution in [3.63, 3.8) is 0 Å². The molecule has 0 aliphatic heterocycles. The third kappa shape index (κ3) is 2.84. The SMILES string of the molecule is COc1ccc(C(O)(c2ccc(Cl)cc2)C(F)(F)F)cc1. The van der Waals surface area contributed by atoms with Crippen LogP contribution in [0.25, 0.3) is 0 Å². The smallest absolute Gasteiger partial charge is 0.425 e. The van der Waals surface area contributed by atoms with Crippen molar-refractivity contribution < 1.29 is 23.0 Å². The van der Waals surface area contributed by atoms with Crippen LogP contribution in [-0.2, 0) is 5.60 Å². The molecule has 112 valence electrons. The molecule has 0 bridgehead atoms. The van der Waals surface area contributed by atoms with Gasteiger partial charge in [-0.2, -0.15) is 13.2 Å². The molecule has 0 aliphatic carbocycles. The molecular weight excluding hydrogens is 305 g/mol. The highest BCUT2D eigenvalue weighted by molar-refractivity contribution is 6.30. The van der Waals surface area contributed by atoms with Gasteiger partial charge in [-0.25, -0.2) is 0 Å². The third-order valence-electron chi connectivity index (χ3n) is 3.18. The predicted molar refractivity (Wildman–Crippen MR) is 73.5 cm³/mol. The Morgan fingerprint density at radius 3 is 1.71 bits per heavy atom. The van der Waals surface area contributed by atoms with Crippen LogP contribution in [0.5, 0.6) is 5.75 Å². The van der Waals surface area contributed by atoms with Crippen LogP contribution >= 0.6 is 11.6 Å². The molecule has 2 aromatic carbocycles. The minimum absolute atomic E-state index is 0.290. The number of halogens is 4. The standard InChI is InChI=1S/C15H12ClF3O2/c1-21-13-8-4-11(5-9-13)14(20,15(17,18)19)10-2-6-12(16)7-3-10/h2-9,20H,1H3. The van der Waals surface area contributed by atoms with Gasteiger partial charge in [0.2, 0.25) is 5.60 Å². The molecule has 1 unspecified atom stereocenters. The normalized spacial score (nSPS) is 14.6. The van der Waals surface area contributed by atoms with Gasteiger partial charge in [0.05, 0.1) is 7.11 Å². The molecule has 21 heavy (non-hydrogen) atoms. The average Bonchev–Trinajstić information content (AvgIpc) is 2.46. The maximum absolute atomic E-state index is 13.4. The fourth-order valence-electron chi connectivity index (χ4n) is 2.02. The number of rotatable bonds is 3. The average molecular weight is 317 g/mol. The van der Waals surface area contributed by atoms with E-state index in [1.54, 1.807) is 0 Å². The van der Waals surface area contributed by atoms with Crippen LogP contribution in [0, 0.1) is 0 Å². The van der Waals surface area contributed by atoms with E-state index in [1.165, 1.54) is 43.5 Å². The summed E-state index contributed by atoms with van der Waals surface area (Å²) in [7, 11) is 1.41. The fourth-order valence-corrected chi connectivity index (χ4v) is 2.14. The summed E-state index contributed by atoms with van der Waals surface area (Å²) in [6, 6.07) is 10.0. The summed E-state index contributed by atoms with van der Waals surface area (Å²) in [5, 5.41) is 10.6. The maximum Gasteiger partial charge on any atom is 0.425 e. The lowest BCUT2D eigenvalue weighted by molar-refractivity contribution is -0.248. The van der Waals surface area contributed by atoms with Gasteiger partial charge in [0.1, 0.15) is 5.75 Å². The Bertz CT molecular complexity index is 608. The van der Waals surface area contributed by atoms with Crippen LogP contribution in [0.3, 0.4) is 0 Å². The molecule has 1 atom stereocenters. The first-order chi connectivity index (χ1) is 9.79. The molecule has 0 fully saturated rings. The van der Waals surface area contributed by atoms with Crippen LogP contribution < -0.4 is 4.74 Å². The summed E-state index contributed by atoms with van der Waals surface area (Å²) >= 11 is 5.68. The van der Waals surface area contributed by atoms with Gasteiger partial charge < -0.3 is 9.84 Å². The second kappa shape index (κ2) is 5.58. The molecule has 0 radical (unpaired) electrons. The monoisotopic (exact) mass is 316 g/mol. The highest BCUT2D eigenvalue weighted by Gasteiger charge is 2.56. The van der Waals surface area contributed by atoms with E-state index in [4.69, 9.17) is 16.3 Å². The van der Waals surface area contributed by atoms with E-state index < -0.39 is 11.8 Å². The zero-order valence-corrected chi connectivity index (χ0v) is 11.7. The Morgan fingerprint density at radius 2 is 1.33 bits per heavy atom. The highest BCUT2D eigenvalue weighted by Crippen LogP contribution is 2.44. The molecule has 2 rings (SSSR count). The van der Waals surface area contributed by atoms with Crippen molar-refractivity contribution in [2.75, 3.05) is 7.11 Å². The molecule has 6 heteroatoms. The zero-order valence-electron chi connectivity index (χ0n) is 11.0. The van der Waals surface area contributed by atoms with Gasteiger partial charge >= 0.3 is 6.18 Å². The number of benzene rings is 2. The summed E-state index contributed by atoms with van der Waals surface area (Å²) in [5.41, 5.74) is -3.70. The van der Waals surface area contributed by atoms with E-state index in [2.05, 4.69) is 0 Å². The number of hydrogen-bond donors (Lipinski definition) is 1. The van der Waals surface area contributed by atoms with E-state index in [0.717, 1.165) is 12.1 Å². The maximum atomic E-state index is 13.4. The lowest BCUT2D eigenvalue weighted by Gasteiger charge is -2.31. The predicted octanol–water partition coefficient (Wildman–Crippen LogP) is 4.15. The largest absolute Gasteiger partial charge is 0.497 e. The minimum Gasteiger partial charge on any atom is -0.497 e. The highest BCUT2D eigenvalue weighted by atomic mass is 35.5. The Hall–Kier alpha value is -1.72. The summed E-state index contributed by atoms with van der Waals surface area (Å²) in [4.78, 5) is 0. The van der Waals surface area contributed by atoms with Gasteiger partial charge in [-0.15, -0.1) is 0 Å². The molecule has 0 saturated heterocycles. The summed E-state index contributed by atoms with van der Waals surface area (Å²) in [5.74, 6) is 0.402. The Labute approximate surface area is 124 Å².